The molecule has 0 bridgehead atoms. The van der Waals surface area contributed by atoms with Crippen LogP contribution in [0.3, 0.4) is 0 Å². The fraction of sp³-hybridized carbons (Fsp3) is 0.125. The number of aromatic nitrogens is 2. The molecule has 0 spiro atoms. The molecule has 1 heterocycles. The molecule has 0 fully saturated rings. The van der Waals surface area contributed by atoms with Crippen molar-refractivity contribution in [3.63, 3.8) is 0 Å². The largest absolute Gasteiger partial charge is 0.328 e. The number of rotatable bonds is 3. The Hall–Kier alpha value is -1.91. The van der Waals surface area contributed by atoms with E-state index in [1.165, 1.54) is 12.3 Å². The number of H-pyrrole nitrogens is 1. The molecule has 0 aliphatic heterocycles. The Bertz CT molecular complexity index is 441. The van der Waals surface area contributed by atoms with Crippen molar-refractivity contribution in [3.05, 3.63) is 45.8 Å². The Labute approximate surface area is 73.3 Å². The summed E-state index contributed by atoms with van der Waals surface area (Å²) in [5, 5.41) is 0. The number of allylic oxidation sites excluding steroid dienone is 1. The van der Waals surface area contributed by atoms with Gasteiger partial charge in [-0.05, 0) is 6.08 Å². The summed E-state index contributed by atoms with van der Waals surface area (Å²) in [7, 11) is 0. The van der Waals surface area contributed by atoms with Crippen molar-refractivity contribution >= 4 is 5.78 Å². The van der Waals surface area contributed by atoms with E-state index in [2.05, 4.69) is 6.58 Å². The number of nitrogens with one attached hydrogen (secondary N) is 1. The molecule has 0 atom stereocenters. The molecule has 13 heavy (non-hydrogen) atoms. The SMILES string of the molecule is C=CC(=O)Cn1ccc(=O)[nH]c1=O. The predicted molar refractivity (Wildman–Crippen MR) is 46.5 cm³/mol. The zero-order valence-corrected chi connectivity index (χ0v) is 6.82. The van der Waals surface area contributed by atoms with Crippen molar-refractivity contribution in [2.24, 2.45) is 0 Å². The molecule has 0 aliphatic carbocycles. The first-order valence-corrected chi connectivity index (χ1v) is 3.58. The first-order chi connectivity index (χ1) is 6.13. The molecule has 5 heteroatoms. The maximum atomic E-state index is 11.0. The van der Waals surface area contributed by atoms with Gasteiger partial charge in [0, 0.05) is 12.3 Å². The van der Waals surface area contributed by atoms with Crippen LogP contribution in [0.4, 0.5) is 0 Å². The summed E-state index contributed by atoms with van der Waals surface area (Å²) in [6.45, 7) is 3.17. The lowest BCUT2D eigenvalue weighted by molar-refractivity contribution is -0.115. The molecule has 1 N–H and O–H groups in total. The number of hydrogen-bond donors (Lipinski definition) is 1. The minimum atomic E-state index is -0.595. The van der Waals surface area contributed by atoms with Crippen LogP contribution in [0.1, 0.15) is 0 Å². The predicted octanol–water partition coefficient (Wildman–Crippen LogP) is -0.708. The van der Waals surface area contributed by atoms with Gasteiger partial charge in [-0.15, -0.1) is 0 Å². The van der Waals surface area contributed by atoms with Gasteiger partial charge in [-0.3, -0.25) is 19.1 Å². The summed E-state index contributed by atoms with van der Waals surface area (Å²) in [5.74, 6) is -0.283. The Balaban J connectivity index is 3.03. The number of carbonyl (C=O) groups excluding carboxylic acids is 1. The van der Waals surface area contributed by atoms with Crippen molar-refractivity contribution in [1.82, 2.24) is 9.55 Å². The molecule has 1 aromatic heterocycles. The molecule has 68 valence electrons. The summed E-state index contributed by atoms with van der Waals surface area (Å²) < 4.78 is 1.10. The van der Waals surface area contributed by atoms with Crippen LogP contribution in [-0.2, 0) is 11.3 Å². The van der Waals surface area contributed by atoms with Crippen LogP contribution in [-0.4, -0.2) is 15.3 Å². The van der Waals surface area contributed by atoms with Crippen molar-refractivity contribution in [2.45, 2.75) is 6.54 Å². The molecule has 0 radical (unpaired) electrons. The van der Waals surface area contributed by atoms with E-state index in [1.54, 1.807) is 0 Å². The third-order valence-electron chi connectivity index (χ3n) is 1.45. The van der Waals surface area contributed by atoms with E-state index in [0.29, 0.717) is 0 Å². The van der Waals surface area contributed by atoms with Gasteiger partial charge >= 0.3 is 5.69 Å². The van der Waals surface area contributed by atoms with Crippen LogP contribution < -0.4 is 11.2 Å². The molecule has 0 saturated carbocycles. The second kappa shape index (κ2) is 3.66. The molecular weight excluding hydrogens is 172 g/mol. The first-order valence-electron chi connectivity index (χ1n) is 3.58. The van der Waals surface area contributed by atoms with E-state index in [9.17, 15) is 14.4 Å². The average Bonchev–Trinajstić information content (AvgIpc) is 2.09. The number of nitrogens with zero attached hydrogens (tertiary/aromatic N) is 1. The standard InChI is InChI=1S/C8H8N2O3/c1-2-6(11)5-10-4-3-7(12)9-8(10)13/h2-4H,1,5H2,(H,9,12,13). The van der Waals surface area contributed by atoms with E-state index in [4.69, 9.17) is 0 Å². The van der Waals surface area contributed by atoms with Gasteiger partial charge in [0.2, 0.25) is 0 Å². The highest BCUT2D eigenvalue weighted by atomic mass is 16.2. The second-order valence-electron chi connectivity index (χ2n) is 2.41. The van der Waals surface area contributed by atoms with Gasteiger partial charge in [-0.2, -0.15) is 0 Å². The highest BCUT2D eigenvalue weighted by Crippen LogP contribution is 1.80. The Morgan fingerprint density at radius 2 is 2.31 bits per heavy atom. The summed E-state index contributed by atoms with van der Waals surface area (Å²) in [5.41, 5.74) is -1.07. The van der Waals surface area contributed by atoms with Gasteiger partial charge in [-0.1, -0.05) is 6.58 Å². The summed E-state index contributed by atoms with van der Waals surface area (Å²) >= 11 is 0. The zero-order chi connectivity index (χ0) is 9.84. The maximum absolute atomic E-state index is 11.0. The lowest BCUT2D eigenvalue weighted by atomic mass is 10.4. The summed E-state index contributed by atoms with van der Waals surface area (Å²) in [6, 6.07) is 1.18. The van der Waals surface area contributed by atoms with Gasteiger partial charge in [0.25, 0.3) is 5.56 Å². The Morgan fingerprint density at radius 3 is 2.85 bits per heavy atom. The minimum absolute atomic E-state index is 0.0981. The topological polar surface area (TPSA) is 71.9 Å². The van der Waals surface area contributed by atoms with Crippen LogP contribution in [0, 0.1) is 0 Å². The Morgan fingerprint density at radius 1 is 1.62 bits per heavy atom. The number of aromatic amines is 1. The zero-order valence-electron chi connectivity index (χ0n) is 6.82. The third-order valence-corrected chi connectivity index (χ3v) is 1.45. The van der Waals surface area contributed by atoms with Gasteiger partial charge in [-0.25, -0.2) is 4.79 Å². The average molecular weight is 180 g/mol. The molecule has 0 amide bonds. The quantitative estimate of drug-likeness (QED) is 0.624. The van der Waals surface area contributed by atoms with E-state index >= 15 is 0 Å². The van der Waals surface area contributed by atoms with Gasteiger partial charge in [0.15, 0.2) is 5.78 Å². The van der Waals surface area contributed by atoms with E-state index in [-0.39, 0.29) is 12.3 Å². The maximum Gasteiger partial charge on any atom is 0.328 e. The van der Waals surface area contributed by atoms with Crippen molar-refractivity contribution in [3.8, 4) is 0 Å². The molecule has 0 aromatic carbocycles. The lowest BCUT2D eigenvalue weighted by Gasteiger charge is -1.99. The van der Waals surface area contributed by atoms with E-state index in [1.807, 2.05) is 4.98 Å². The molecular formula is C8H8N2O3. The minimum Gasteiger partial charge on any atom is -0.293 e. The number of ketones is 1. The number of carbonyl (C=O) groups is 1. The molecule has 5 nitrogen and oxygen atoms in total. The molecule has 1 aromatic rings. The first kappa shape index (κ1) is 9.18. The lowest BCUT2D eigenvalue weighted by Crippen LogP contribution is -2.30. The fourth-order valence-electron chi connectivity index (χ4n) is 0.801. The number of hydrogen-bond acceptors (Lipinski definition) is 3. The van der Waals surface area contributed by atoms with Gasteiger partial charge in [0.1, 0.15) is 0 Å². The molecule has 0 unspecified atom stereocenters. The molecule has 1 rings (SSSR count). The van der Waals surface area contributed by atoms with Crippen molar-refractivity contribution in [2.75, 3.05) is 0 Å². The second-order valence-corrected chi connectivity index (χ2v) is 2.41. The summed E-state index contributed by atoms with van der Waals surface area (Å²) in [4.78, 5) is 34.5. The van der Waals surface area contributed by atoms with Crippen molar-refractivity contribution < 1.29 is 4.79 Å². The van der Waals surface area contributed by atoms with E-state index in [0.717, 1.165) is 10.6 Å². The summed E-state index contributed by atoms with van der Waals surface area (Å²) in [6.07, 6.45) is 2.39. The third kappa shape index (κ3) is 2.26. The van der Waals surface area contributed by atoms with Crippen LogP contribution >= 0.6 is 0 Å². The van der Waals surface area contributed by atoms with Crippen LogP contribution in [0.2, 0.25) is 0 Å². The fourth-order valence-corrected chi connectivity index (χ4v) is 0.801. The molecule has 0 aliphatic rings. The molecule has 0 saturated heterocycles. The van der Waals surface area contributed by atoms with Crippen LogP contribution in [0.25, 0.3) is 0 Å². The highest BCUT2D eigenvalue weighted by Gasteiger charge is 1.99. The normalized spacial score (nSPS) is 9.54. The van der Waals surface area contributed by atoms with Gasteiger partial charge in [0.05, 0.1) is 6.54 Å². The highest BCUT2D eigenvalue weighted by molar-refractivity contribution is 5.88. The van der Waals surface area contributed by atoms with E-state index < -0.39 is 11.2 Å². The Kier molecular flexibility index (Phi) is 2.59. The van der Waals surface area contributed by atoms with Crippen molar-refractivity contribution in [1.29, 1.82) is 0 Å². The van der Waals surface area contributed by atoms with Gasteiger partial charge < -0.3 is 0 Å². The smallest absolute Gasteiger partial charge is 0.293 e. The van der Waals surface area contributed by atoms with Crippen LogP contribution in [0.15, 0.2) is 34.5 Å². The monoisotopic (exact) mass is 180 g/mol. The van der Waals surface area contributed by atoms with Crippen LogP contribution in [0.5, 0.6) is 0 Å².